The lowest BCUT2D eigenvalue weighted by atomic mass is 10.1. The highest BCUT2D eigenvalue weighted by atomic mass is 35.5. The van der Waals surface area contributed by atoms with Gasteiger partial charge in [0.05, 0.1) is 33.5 Å². The van der Waals surface area contributed by atoms with Crippen LogP contribution >= 0.6 is 11.6 Å². The van der Waals surface area contributed by atoms with Crippen molar-refractivity contribution >= 4 is 27.3 Å². The van der Waals surface area contributed by atoms with Gasteiger partial charge in [-0.2, -0.15) is 31.6 Å². The summed E-state index contributed by atoms with van der Waals surface area (Å²) in [5, 5.41) is 8.29. The van der Waals surface area contributed by atoms with Crippen LogP contribution < -0.4 is 4.72 Å². The zero-order valence-electron chi connectivity index (χ0n) is 12.8. The first-order valence-electron chi connectivity index (χ1n) is 6.76. The third-order valence-electron chi connectivity index (χ3n) is 3.19. The summed E-state index contributed by atoms with van der Waals surface area (Å²) in [5.41, 5.74) is -4.29. The van der Waals surface area contributed by atoms with Crippen molar-refractivity contribution in [2.24, 2.45) is 0 Å². The highest BCUT2D eigenvalue weighted by Gasteiger charge is 2.37. The molecule has 4 nitrogen and oxygen atoms in total. The monoisotopic (exact) mass is 428 g/mol. The van der Waals surface area contributed by atoms with Crippen LogP contribution in [0.15, 0.2) is 41.3 Å². The molecule has 27 heavy (non-hydrogen) atoms. The SMILES string of the molecule is N#Cc1ccc(S(=O)(=O)Nc2cc(C(F)(F)F)cc(C(F)(F)F)c2)c(Cl)c1. The molecular weight excluding hydrogens is 422 g/mol. The highest BCUT2D eigenvalue weighted by molar-refractivity contribution is 7.92. The van der Waals surface area contributed by atoms with Crippen LogP contribution in [0.1, 0.15) is 16.7 Å². The van der Waals surface area contributed by atoms with Crippen LogP contribution in [0.5, 0.6) is 0 Å². The summed E-state index contributed by atoms with van der Waals surface area (Å²) < 4.78 is 103. The van der Waals surface area contributed by atoms with Crippen molar-refractivity contribution in [1.29, 1.82) is 5.26 Å². The minimum atomic E-state index is -5.13. The molecule has 0 spiro atoms. The maximum absolute atomic E-state index is 12.8. The fourth-order valence-corrected chi connectivity index (χ4v) is 3.60. The van der Waals surface area contributed by atoms with Gasteiger partial charge in [-0.3, -0.25) is 4.72 Å². The molecule has 0 aliphatic heterocycles. The van der Waals surface area contributed by atoms with Gasteiger partial charge in [0, 0.05) is 0 Å². The molecule has 1 N–H and O–H groups in total. The Morgan fingerprint density at radius 1 is 0.926 bits per heavy atom. The van der Waals surface area contributed by atoms with Crippen molar-refractivity contribution < 1.29 is 34.8 Å². The Bertz CT molecular complexity index is 994. The van der Waals surface area contributed by atoms with Crippen molar-refractivity contribution in [3.05, 3.63) is 58.1 Å². The summed E-state index contributed by atoms with van der Waals surface area (Å²) >= 11 is 5.74. The standard InChI is InChI=1S/C15H7ClF6N2O2S/c16-12-3-8(7-23)1-2-13(12)27(25,26)24-11-5-9(14(17,18)19)4-10(6-11)15(20,21)22/h1-6,24H. The van der Waals surface area contributed by atoms with Gasteiger partial charge < -0.3 is 0 Å². The summed E-state index contributed by atoms with van der Waals surface area (Å²) in [6.45, 7) is 0. The number of nitrogens with one attached hydrogen (secondary N) is 1. The first kappa shape index (κ1) is 20.9. The molecule has 2 rings (SSSR count). The van der Waals surface area contributed by atoms with Crippen molar-refractivity contribution in [2.75, 3.05) is 4.72 Å². The van der Waals surface area contributed by atoms with E-state index in [1.807, 2.05) is 0 Å². The van der Waals surface area contributed by atoms with Crippen LogP contribution in [0.4, 0.5) is 32.0 Å². The van der Waals surface area contributed by atoms with E-state index in [1.54, 1.807) is 10.8 Å². The van der Waals surface area contributed by atoms with E-state index >= 15 is 0 Å². The van der Waals surface area contributed by atoms with Crippen LogP contribution in [-0.2, 0) is 22.4 Å². The lowest BCUT2D eigenvalue weighted by molar-refractivity contribution is -0.143. The molecule has 0 bridgehead atoms. The van der Waals surface area contributed by atoms with E-state index in [0.29, 0.717) is 0 Å². The molecule has 0 atom stereocenters. The first-order valence-corrected chi connectivity index (χ1v) is 8.62. The van der Waals surface area contributed by atoms with E-state index < -0.39 is 49.1 Å². The number of hydrogen-bond donors (Lipinski definition) is 1. The number of benzene rings is 2. The van der Waals surface area contributed by atoms with Gasteiger partial charge in [-0.1, -0.05) is 11.6 Å². The number of halogens is 7. The molecule has 0 aromatic heterocycles. The third-order valence-corrected chi connectivity index (χ3v) is 5.05. The average molecular weight is 429 g/mol. The van der Waals surface area contributed by atoms with Crippen LogP contribution in [0.3, 0.4) is 0 Å². The minimum Gasteiger partial charge on any atom is -0.280 e. The molecule has 0 fully saturated rings. The zero-order chi connectivity index (χ0) is 20.6. The van der Waals surface area contributed by atoms with Crippen molar-refractivity contribution in [1.82, 2.24) is 0 Å². The molecular formula is C15H7ClF6N2O2S. The Balaban J connectivity index is 2.54. The molecule has 0 unspecified atom stereocenters. The second-order valence-electron chi connectivity index (χ2n) is 5.16. The van der Waals surface area contributed by atoms with Gasteiger partial charge in [0.25, 0.3) is 10.0 Å². The molecule has 0 amide bonds. The summed E-state index contributed by atoms with van der Waals surface area (Å²) in [4.78, 5) is -0.617. The van der Waals surface area contributed by atoms with Crippen LogP contribution in [-0.4, -0.2) is 8.42 Å². The summed E-state index contributed by atoms with van der Waals surface area (Å²) in [6.07, 6.45) is -10.3. The van der Waals surface area contributed by atoms with E-state index in [-0.39, 0.29) is 23.8 Å². The molecule has 0 aliphatic rings. The van der Waals surface area contributed by atoms with Gasteiger partial charge in [-0.15, -0.1) is 0 Å². The predicted molar refractivity (Wildman–Crippen MR) is 83.4 cm³/mol. The van der Waals surface area contributed by atoms with Gasteiger partial charge in [0.2, 0.25) is 0 Å². The third kappa shape index (κ3) is 4.84. The van der Waals surface area contributed by atoms with Crippen LogP contribution in [0.2, 0.25) is 5.02 Å². The van der Waals surface area contributed by atoms with Gasteiger partial charge >= 0.3 is 12.4 Å². The fraction of sp³-hybridized carbons (Fsp3) is 0.133. The van der Waals surface area contributed by atoms with Crippen LogP contribution in [0, 0.1) is 11.3 Å². The number of nitrogens with zero attached hydrogens (tertiary/aromatic N) is 1. The van der Waals surface area contributed by atoms with Crippen molar-refractivity contribution in [3.63, 3.8) is 0 Å². The van der Waals surface area contributed by atoms with Gasteiger partial charge in [0.1, 0.15) is 4.90 Å². The van der Waals surface area contributed by atoms with E-state index in [2.05, 4.69) is 0 Å². The maximum atomic E-state index is 12.8. The predicted octanol–water partition coefficient (Wildman–Crippen LogP) is 5.05. The number of alkyl halides is 6. The first-order chi connectivity index (χ1) is 12.2. The highest BCUT2D eigenvalue weighted by Crippen LogP contribution is 2.38. The second kappa shape index (κ2) is 6.94. The Kier molecular flexibility index (Phi) is 5.36. The summed E-state index contributed by atoms with van der Waals surface area (Å²) in [5.74, 6) is 0. The molecule has 144 valence electrons. The van der Waals surface area contributed by atoms with E-state index in [1.165, 1.54) is 0 Å². The van der Waals surface area contributed by atoms with Gasteiger partial charge in [-0.05, 0) is 36.4 Å². The fourth-order valence-electron chi connectivity index (χ4n) is 2.01. The Morgan fingerprint density at radius 2 is 1.44 bits per heavy atom. The minimum absolute atomic E-state index is 0.0115. The van der Waals surface area contributed by atoms with E-state index in [0.717, 1.165) is 18.2 Å². The normalized spacial score (nSPS) is 12.5. The number of anilines is 1. The Hall–Kier alpha value is -2.45. The van der Waals surface area contributed by atoms with Crippen molar-refractivity contribution in [2.45, 2.75) is 17.2 Å². The van der Waals surface area contributed by atoms with Crippen LogP contribution in [0.25, 0.3) is 0 Å². The number of rotatable bonds is 3. The average Bonchev–Trinajstić information content (AvgIpc) is 2.52. The molecule has 12 heteroatoms. The Morgan fingerprint density at radius 3 is 1.85 bits per heavy atom. The molecule has 0 saturated carbocycles. The lowest BCUT2D eigenvalue weighted by Gasteiger charge is -2.15. The number of hydrogen-bond acceptors (Lipinski definition) is 3. The largest absolute Gasteiger partial charge is 0.416 e. The Labute approximate surface area is 154 Å². The van der Waals surface area contributed by atoms with Crippen molar-refractivity contribution in [3.8, 4) is 6.07 Å². The summed E-state index contributed by atoms with van der Waals surface area (Å²) in [7, 11) is -4.62. The topological polar surface area (TPSA) is 70.0 Å². The zero-order valence-corrected chi connectivity index (χ0v) is 14.4. The smallest absolute Gasteiger partial charge is 0.280 e. The van der Waals surface area contributed by atoms with E-state index in [4.69, 9.17) is 16.9 Å². The second-order valence-corrected chi connectivity index (χ2v) is 7.22. The number of sulfonamides is 1. The quantitative estimate of drug-likeness (QED) is 0.695. The summed E-state index contributed by atoms with van der Waals surface area (Å²) in [6, 6.07) is 4.99. The maximum Gasteiger partial charge on any atom is 0.416 e. The molecule has 0 saturated heterocycles. The van der Waals surface area contributed by atoms with Gasteiger partial charge in [-0.25, -0.2) is 8.42 Å². The van der Waals surface area contributed by atoms with Gasteiger partial charge in [0.15, 0.2) is 0 Å². The molecule has 0 heterocycles. The molecule has 0 radical (unpaired) electrons. The number of nitriles is 1. The van der Waals surface area contributed by atoms with E-state index in [9.17, 15) is 34.8 Å². The molecule has 2 aromatic carbocycles. The lowest BCUT2D eigenvalue weighted by Crippen LogP contribution is -2.16. The molecule has 0 aliphatic carbocycles. The molecule has 2 aromatic rings.